The van der Waals surface area contributed by atoms with Gasteiger partial charge in [0.1, 0.15) is 5.54 Å². The molecule has 0 saturated carbocycles. The molecule has 3 rings (SSSR count). The third-order valence-corrected chi connectivity index (χ3v) is 5.40. The summed E-state index contributed by atoms with van der Waals surface area (Å²) in [7, 11) is 0. The Kier molecular flexibility index (Phi) is 5.30. The zero-order chi connectivity index (χ0) is 22.2. The summed E-state index contributed by atoms with van der Waals surface area (Å²) in [5.74, 6) is -1.01. The highest BCUT2D eigenvalue weighted by Crippen LogP contribution is 2.31. The number of rotatable bonds is 7. The van der Waals surface area contributed by atoms with E-state index in [1.807, 2.05) is 11.5 Å². The molecule has 156 valence electrons. The maximum Gasteiger partial charge on any atom is 0.325 e. The molecule has 1 aromatic carbocycles. The molecule has 0 bridgehead atoms. The lowest BCUT2D eigenvalue weighted by molar-refractivity contribution is -0.385. The van der Waals surface area contributed by atoms with Gasteiger partial charge in [0.25, 0.3) is 11.6 Å². The van der Waals surface area contributed by atoms with E-state index in [2.05, 4.69) is 11.9 Å². The number of allylic oxidation sites excluding steroid dienone is 1. The first-order chi connectivity index (χ1) is 14.1. The SMILES string of the molecule is C=CCn1c(C)cc(C(=O)CN2C(=O)NC(C)(c3cccc([N+](=O)[O-])c3)C2=O)c1C. The first kappa shape index (κ1) is 21.0. The van der Waals surface area contributed by atoms with Crippen LogP contribution in [0.25, 0.3) is 0 Å². The number of hydrogen-bond donors (Lipinski definition) is 1. The van der Waals surface area contributed by atoms with Crippen molar-refractivity contribution in [1.82, 2.24) is 14.8 Å². The summed E-state index contributed by atoms with van der Waals surface area (Å²) in [5, 5.41) is 13.6. The summed E-state index contributed by atoms with van der Waals surface area (Å²) in [4.78, 5) is 49.8. The van der Waals surface area contributed by atoms with E-state index in [9.17, 15) is 24.5 Å². The summed E-state index contributed by atoms with van der Waals surface area (Å²) in [6.07, 6.45) is 1.72. The Morgan fingerprint density at radius 3 is 2.63 bits per heavy atom. The number of carbonyl (C=O) groups excluding carboxylic acids is 3. The van der Waals surface area contributed by atoms with Crippen molar-refractivity contribution in [2.45, 2.75) is 32.9 Å². The molecular formula is C21H22N4O5. The molecule has 0 radical (unpaired) electrons. The Hall–Kier alpha value is -3.75. The van der Waals surface area contributed by atoms with E-state index in [1.54, 1.807) is 19.1 Å². The van der Waals surface area contributed by atoms with Crippen LogP contribution in [0.3, 0.4) is 0 Å². The molecule has 1 unspecified atom stereocenters. The number of imide groups is 1. The second kappa shape index (κ2) is 7.58. The van der Waals surface area contributed by atoms with Crippen molar-refractivity contribution in [2.75, 3.05) is 6.54 Å². The zero-order valence-corrected chi connectivity index (χ0v) is 17.0. The van der Waals surface area contributed by atoms with Gasteiger partial charge in [-0.05, 0) is 32.4 Å². The summed E-state index contributed by atoms with van der Waals surface area (Å²) in [6.45, 7) is 8.94. The van der Waals surface area contributed by atoms with Crippen LogP contribution in [0, 0.1) is 24.0 Å². The van der Waals surface area contributed by atoms with Crippen LogP contribution in [-0.4, -0.2) is 38.7 Å². The number of benzene rings is 1. The third kappa shape index (κ3) is 3.38. The molecular weight excluding hydrogens is 388 g/mol. The number of non-ortho nitro benzene ring substituents is 1. The number of nitrogens with one attached hydrogen (secondary N) is 1. The number of nitro benzene ring substituents is 1. The zero-order valence-electron chi connectivity index (χ0n) is 17.0. The van der Waals surface area contributed by atoms with Gasteiger partial charge in [-0.15, -0.1) is 6.58 Å². The molecule has 0 spiro atoms. The molecule has 1 aliphatic rings. The Labute approximate surface area is 173 Å². The minimum Gasteiger partial charge on any atom is -0.345 e. The van der Waals surface area contributed by atoms with Crippen molar-refractivity contribution in [2.24, 2.45) is 0 Å². The van der Waals surface area contributed by atoms with E-state index in [-0.39, 0.29) is 17.0 Å². The summed E-state index contributed by atoms with van der Waals surface area (Å²) < 4.78 is 1.92. The lowest BCUT2D eigenvalue weighted by Crippen LogP contribution is -2.41. The lowest BCUT2D eigenvalue weighted by Gasteiger charge is -2.22. The average Bonchev–Trinajstić information content (AvgIpc) is 3.11. The van der Waals surface area contributed by atoms with Crippen molar-refractivity contribution in [3.05, 3.63) is 75.6 Å². The summed E-state index contributed by atoms with van der Waals surface area (Å²) in [6, 6.07) is 6.52. The van der Waals surface area contributed by atoms with Crippen LogP contribution in [0.5, 0.6) is 0 Å². The maximum atomic E-state index is 13.0. The van der Waals surface area contributed by atoms with Gasteiger partial charge in [-0.25, -0.2) is 4.79 Å². The fourth-order valence-corrected chi connectivity index (χ4v) is 3.69. The van der Waals surface area contributed by atoms with E-state index in [0.717, 1.165) is 16.3 Å². The van der Waals surface area contributed by atoms with Crippen LogP contribution in [0.4, 0.5) is 10.5 Å². The number of aryl methyl sites for hydroxylation is 1. The highest BCUT2D eigenvalue weighted by atomic mass is 16.6. The molecule has 1 fully saturated rings. The Bertz CT molecular complexity index is 1090. The minimum absolute atomic E-state index is 0.194. The van der Waals surface area contributed by atoms with E-state index in [0.29, 0.717) is 12.1 Å². The molecule has 30 heavy (non-hydrogen) atoms. The van der Waals surface area contributed by atoms with E-state index >= 15 is 0 Å². The summed E-state index contributed by atoms with van der Waals surface area (Å²) in [5.41, 5.74) is 0.608. The van der Waals surface area contributed by atoms with Crippen molar-refractivity contribution >= 4 is 23.4 Å². The fourth-order valence-electron chi connectivity index (χ4n) is 3.69. The molecule has 9 heteroatoms. The molecule has 1 aliphatic heterocycles. The minimum atomic E-state index is -1.50. The van der Waals surface area contributed by atoms with Gasteiger partial charge in [-0.3, -0.25) is 24.6 Å². The Balaban J connectivity index is 1.88. The Morgan fingerprint density at radius 2 is 2.00 bits per heavy atom. The Morgan fingerprint density at radius 1 is 1.30 bits per heavy atom. The monoisotopic (exact) mass is 410 g/mol. The number of nitro groups is 1. The van der Waals surface area contributed by atoms with Crippen LogP contribution < -0.4 is 5.32 Å². The molecule has 1 N–H and O–H groups in total. The number of amides is 3. The van der Waals surface area contributed by atoms with E-state index in [4.69, 9.17) is 0 Å². The van der Waals surface area contributed by atoms with Crippen molar-refractivity contribution in [3.63, 3.8) is 0 Å². The average molecular weight is 410 g/mol. The highest BCUT2D eigenvalue weighted by molar-refractivity contribution is 6.11. The number of carbonyl (C=O) groups is 3. The molecule has 2 aromatic rings. The molecule has 0 aliphatic carbocycles. The standard InChI is InChI=1S/C21H22N4O5/c1-5-9-23-13(2)10-17(14(23)3)18(26)12-24-19(27)21(4,22-20(24)28)15-7-6-8-16(11-15)25(29)30/h5-8,10-11H,1,9,12H2,2-4H3,(H,22,28). The normalized spacial score (nSPS) is 18.4. The summed E-state index contributed by atoms with van der Waals surface area (Å²) >= 11 is 0. The predicted molar refractivity (Wildman–Crippen MR) is 109 cm³/mol. The quantitative estimate of drug-likeness (QED) is 0.248. The van der Waals surface area contributed by atoms with Gasteiger partial charge >= 0.3 is 6.03 Å². The van der Waals surface area contributed by atoms with Gasteiger partial charge in [0.2, 0.25) is 0 Å². The molecule has 1 saturated heterocycles. The topological polar surface area (TPSA) is 115 Å². The number of hydrogen-bond acceptors (Lipinski definition) is 5. The van der Waals surface area contributed by atoms with Crippen molar-refractivity contribution in [1.29, 1.82) is 0 Å². The van der Waals surface area contributed by atoms with E-state index in [1.165, 1.54) is 31.2 Å². The number of aromatic nitrogens is 1. The van der Waals surface area contributed by atoms with Crippen LogP contribution in [0.1, 0.15) is 34.2 Å². The largest absolute Gasteiger partial charge is 0.345 e. The maximum absolute atomic E-state index is 13.0. The van der Waals surface area contributed by atoms with Crippen LogP contribution in [0.15, 0.2) is 43.0 Å². The van der Waals surface area contributed by atoms with Gasteiger partial charge in [0, 0.05) is 35.6 Å². The van der Waals surface area contributed by atoms with Crippen LogP contribution in [-0.2, 0) is 16.9 Å². The fraction of sp³-hybridized carbons (Fsp3) is 0.286. The number of ketones is 1. The van der Waals surface area contributed by atoms with Gasteiger partial charge in [0.05, 0.1) is 11.5 Å². The second-order valence-corrected chi connectivity index (χ2v) is 7.36. The van der Waals surface area contributed by atoms with Crippen molar-refractivity contribution < 1.29 is 19.3 Å². The molecule has 1 aromatic heterocycles. The highest BCUT2D eigenvalue weighted by Gasteiger charge is 2.50. The molecule has 9 nitrogen and oxygen atoms in total. The molecule has 2 heterocycles. The number of urea groups is 1. The second-order valence-electron chi connectivity index (χ2n) is 7.36. The first-order valence-electron chi connectivity index (χ1n) is 9.30. The molecule has 1 atom stereocenters. The third-order valence-electron chi connectivity index (χ3n) is 5.40. The lowest BCUT2D eigenvalue weighted by atomic mass is 9.91. The number of nitrogens with zero attached hydrogens (tertiary/aromatic N) is 3. The van der Waals surface area contributed by atoms with E-state index < -0.39 is 28.9 Å². The first-order valence-corrected chi connectivity index (χ1v) is 9.30. The van der Waals surface area contributed by atoms with Crippen molar-refractivity contribution in [3.8, 4) is 0 Å². The van der Waals surface area contributed by atoms with Gasteiger partial charge in [0.15, 0.2) is 5.78 Å². The smallest absolute Gasteiger partial charge is 0.325 e. The van der Waals surface area contributed by atoms with Gasteiger partial charge in [-0.2, -0.15) is 0 Å². The van der Waals surface area contributed by atoms with Crippen LogP contribution >= 0.6 is 0 Å². The van der Waals surface area contributed by atoms with Gasteiger partial charge < -0.3 is 9.88 Å². The molecule has 3 amide bonds. The van der Waals surface area contributed by atoms with Gasteiger partial charge in [-0.1, -0.05) is 18.2 Å². The predicted octanol–water partition coefficient (Wildman–Crippen LogP) is 2.85. The number of Topliss-reactive ketones (excluding diaryl/α,β-unsaturated/α-hetero) is 1. The van der Waals surface area contributed by atoms with Crippen LogP contribution in [0.2, 0.25) is 0 Å².